The lowest BCUT2D eigenvalue weighted by molar-refractivity contribution is -0.129. The molecule has 2 fully saturated rings. The first-order chi connectivity index (χ1) is 23.9. The number of hydrogen-bond donors (Lipinski definition) is 3. The zero-order valence-corrected chi connectivity index (χ0v) is 30.9. The molecule has 0 bridgehead atoms. The van der Waals surface area contributed by atoms with Crippen LogP contribution in [0.15, 0.2) is 24.3 Å². The number of esters is 1. The average molecular weight is 703 g/mol. The van der Waals surface area contributed by atoms with E-state index in [1.807, 2.05) is 6.92 Å². The Hall–Kier alpha value is -3.29. The van der Waals surface area contributed by atoms with Gasteiger partial charge in [-0.2, -0.15) is 0 Å². The zero-order valence-electron chi connectivity index (χ0n) is 30.9. The van der Waals surface area contributed by atoms with Gasteiger partial charge in [-0.25, -0.2) is 9.18 Å². The molecular formula is C37H60BFN4O7. The summed E-state index contributed by atoms with van der Waals surface area (Å²) in [5.41, 5.74) is 7.16. The van der Waals surface area contributed by atoms with Gasteiger partial charge in [-0.15, -0.1) is 0 Å². The Bertz CT molecular complexity index is 1240. The monoisotopic (exact) mass is 702 g/mol. The van der Waals surface area contributed by atoms with Crippen molar-refractivity contribution in [3.8, 4) is 0 Å². The van der Waals surface area contributed by atoms with E-state index in [9.17, 15) is 23.6 Å². The molecule has 11 nitrogen and oxygen atoms in total. The Kier molecular flexibility index (Phi) is 22.9. The summed E-state index contributed by atoms with van der Waals surface area (Å²) in [6.07, 6.45) is 13.2. The van der Waals surface area contributed by atoms with Gasteiger partial charge in [-0.05, 0) is 96.1 Å². The molecule has 4 N–H and O–H groups in total. The number of aldehydes is 1. The number of nitrogens with zero attached hydrogens (tertiary/aromatic N) is 1. The highest BCUT2D eigenvalue weighted by atomic mass is 19.1. The second-order valence-electron chi connectivity index (χ2n) is 13.1. The van der Waals surface area contributed by atoms with Gasteiger partial charge in [0.2, 0.25) is 6.41 Å². The number of H-pyrrole nitrogens is 1. The topological polar surface area (TPSA) is 153 Å². The molecule has 0 spiro atoms. The number of hydrogen-bond acceptors (Lipinski definition) is 9. The summed E-state index contributed by atoms with van der Waals surface area (Å²) >= 11 is 0. The van der Waals surface area contributed by atoms with Gasteiger partial charge in [-0.3, -0.25) is 9.59 Å². The van der Waals surface area contributed by atoms with Gasteiger partial charge < -0.3 is 39.9 Å². The van der Waals surface area contributed by atoms with Gasteiger partial charge in [0.1, 0.15) is 26.5 Å². The number of amides is 1. The quantitative estimate of drug-likeness (QED) is 0.0859. The summed E-state index contributed by atoms with van der Waals surface area (Å²) in [5, 5.41) is 3.36. The van der Waals surface area contributed by atoms with Crippen LogP contribution in [-0.4, -0.2) is 94.6 Å². The smallest absolute Gasteiger partial charge is 0.357 e. The number of nitrogens with one attached hydrogen (secondary N) is 2. The molecule has 2 aromatic rings. The number of likely N-dealkylation sites (tertiary alicyclic amines) is 1. The SMILES string of the molecule is CC1C(C2CCCCC2)CCN1C.CCC(C=O)CCCC(N)CF.COC(C)OC(=O)c1cc2cc(NC=O)ccc2[nH]1.[B]C(C)OC=O. The normalized spacial score (nSPS) is 19.8. The van der Waals surface area contributed by atoms with Crippen LogP contribution in [0.4, 0.5) is 10.1 Å². The first-order valence-corrected chi connectivity index (χ1v) is 17.8. The zero-order chi connectivity index (χ0) is 37.5. The molecule has 1 aromatic heterocycles. The first kappa shape index (κ1) is 44.7. The van der Waals surface area contributed by atoms with E-state index in [1.54, 1.807) is 38.1 Å². The Morgan fingerprint density at radius 2 is 1.84 bits per heavy atom. The van der Waals surface area contributed by atoms with Crippen LogP contribution < -0.4 is 11.1 Å². The van der Waals surface area contributed by atoms with Crippen molar-refractivity contribution < 1.29 is 37.8 Å². The second kappa shape index (κ2) is 25.6. The highest BCUT2D eigenvalue weighted by Gasteiger charge is 2.34. The number of alkyl halides is 1. The van der Waals surface area contributed by atoms with Crippen molar-refractivity contribution >= 4 is 49.6 Å². The van der Waals surface area contributed by atoms with Crippen LogP contribution >= 0.6 is 0 Å². The molecule has 1 aliphatic carbocycles. The van der Waals surface area contributed by atoms with Gasteiger partial charge in [-0.1, -0.05) is 45.4 Å². The van der Waals surface area contributed by atoms with E-state index in [4.69, 9.17) is 23.1 Å². The fraction of sp³-hybridized carbons (Fsp3) is 0.676. The van der Waals surface area contributed by atoms with E-state index in [0.717, 1.165) is 54.3 Å². The van der Waals surface area contributed by atoms with Gasteiger partial charge in [0.05, 0.1) is 6.00 Å². The minimum absolute atomic E-state index is 0.136. The fourth-order valence-electron chi connectivity index (χ4n) is 6.15. The number of aromatic amines is 1. The molecule has 1 saturated heterocycles. The molecule has 2 radical (unpaired) electrons. The van der Waals surface area contributed by atoms with E-state index in [0.29, 0.717) is 30.7 Å². The molecular weight excluding hydrogens is 642 g/mol. The molecule has 50 heavy (non-hydrogen) atoms. The van der Waals surface area contributed by atoms with E-state index >= 15 is 0 Å². The lowest BCUT2D eigenvalue weighted by Crippen LogP contribution is -2.30. The minimum atomic E-state index is -0.605. The number of fused-ring (bicyclic) bond motifs is 1. The molecule has 6 atom stereocenters. The van der Waals surface area contributed by atoms with Crippen molar-refractivity contribution in [3.63, 3.8) is 0 Å². The summed E-state index contributed by atoms with van der Waals surface area (Å²) in [6.45, 7) is 8.81. The molecule has 6 unspecified atom stereocenters. The summed E-state index contributed by atoms with van der Waals surface area (Å²) in [4.78, 5) is 47.3. The van der Waals surface area contributed by atoms with Gasteiger partial charge in [0.25, 0.3) is 6.47 Å². The summed E-state index contributed by atoms with van der Waals surface area (Å²) in [7, 11) is 8.69. The number of rotatable bonds is 15. The molecule has 4 rings (SSSR count). The van der Waals surface area contributed by atoms with Crippen molar-refractivity contribution in [2.45, 2.75) is 116 Å². The maximum Gasteiger partial charge on any atom is 0.357 e. The van der Waals surface area contributed by atoms with E-state index < -0.39 is 24.9 Å². The van der Waals surface area contributed by atoms with Crippen molar-refractivity contribution in [2.24, 2.45) is 23.5 Å². The molecule has 2 heterocycles. The Morgan fingerprint density at radius 1 is 1.14 bits per heavy atom. The third kappa shape index (κ3) is 17.1. The highest BCUT2D eigenvalue weighted by Crippen LogP contribution is 2.37. The predicted octanol–water partition coefficient (Wildman–Crippen LogP) is 6.14. The molecule has 1 amide bonds. The van der Waals surface area contributed by atoms with Crippen molar-refractivity contribution in [2.75, 3.05) is 32.7 Å². The third-order valence-corrected chi connectivity index (χ3v) is 9.39. The van der Waals surface area contributed by atoms with Crippen molar-refractivity contribution in [3.05, 3.63) is 30.0 Å². The standard InChI is InChI=1S/C13H14N2O4.C12H23N.C9H18FNO.C3H5BO2/c1-8(18-2)19-13(17)12-6-9-5-10(14-7-16)3-4-11(9)15-12;1-10-12(8-9-13(10)2)11-6-4-3-5-7-11;1-2-8(7-12)4-3-5-9(11)6-10;1-3(4)6-2-5/h3-8,15H,1-2H3,(H,14,16);10-12H,3-9H2,1-2H3;7-9H,2-6,11H2,1H3;2-3H,1H3. The predicted molar refractivity (Wildman–Crippen MR) is 197 cm³/mol. The Morgan fingerprint density at radius 3 is 2.34 bits per heavy atom. The molecule has 1 aliphatic heterocycles. The number of aromatic nitrogens is 1. The van der Waals surface area contributed by atoms with Crippen LogP contribution in [0.3, 0.4) is 0 Å². The van der Waals surface area contributed by atoms with Crippen molar-refractivity contribution in [1.29, 1.82) is 0 Å². The van der Waals surface area contributed by atoms with Gasteiger partial charge >= 0.3 is 5.97 Å². The maximum atomic E-state index is 11.9. The number of ether oxygens (including phenoxy) is 3. The minimum Gasteiger partial charge on any atom is -0.475 e. The third-order valence-electron chi connectivity index (χ3n) is 9.39. The first-order valence-electron chi connectivity index (χ1n) is 17.8. The van der Waals surface area contributed by atoms with Gasteiger partial charge in [0, 0.05) is 41.7 Å². The average Bonchev–Trinajstić information content (AvgIpc) is 3.70. The van der Waals surface area contributed by atoms with E-state index in [-0.39, 0.29) is 12.0 Å². The van der Waals surface area contributed by atoms with Crippen molar-refractivity contribution in [1.82, 2.24) is 9.88 Å². The molecule has 13 heteroatoms. The maximum absolute atomic E-state index is 11.9. The number of carbonyl (C=O) groups excluding carboxylic acids is 4. The van der Waals surface area contributed by atoms with Crippen LogP contribution in [0.5, 0.6) is 0 Å². The van der Waals surface area contributed by atoms with Crippen LogP contribution in [-0.2, 0) is 28.6 Å². The van der Waals surface area contributed by atoms with Crippen LogP contribution in [0, 0.1) is 17.8 Å². The van der Waals surface area contributed by atoms with E-state index in [1.165, 1.54) is 52.2 Å². The number of nitrogens with two attached hydrogens (primary N) is 1. The Balaban J connectivity index is 0.000000357. The number of methoxy groups -OCH3 is 1. The molecule has 280 valence electrons. The largest absolute Gasteiger partial charge is 0.475 e. The molecule has 1 aromatic carbocycles. The summed E-state index contributed by atoms with van der Waals surface area (Å²) < 4.78 is 25.9. The van der Waals surface area contributed by atoms with E-state index in [2.05, 4.69) is 33.9 Å². The van der Waals surface area contributed by atoms with Crippen LogP contribution in [0.1, 0.15) is 102 Å². The number of anilines is 1. The van der Waals surface area contributed by atoms with Crippen LogP contribution in [0.25, 0.3) is 10.9 Å². The molecule has 2 aliphatic rings. The summed E-state index contributed by atoms with van der Waals surface area (Å²) in [5.74, 6) is 1.73. The molecule has 1 saturated carbocycles. The number of carbonyl (C=O) groups is 4. The van der Waals surface area contributed by atoms with Crippen LogP contribution in [0.2, 0.25) is 0 Å². The fourth-order valence-corrected chi connectivity index (χ4v) is 6.15. The highest BCUT2D eigenvalue weighted by molar-refractivity contribution is 6.11. The number of halogens is 1. The Labute approximate surface area is 299 Å². The number of benzene rings is 1. The second-order valence-corrected chi connectivity index (χ2v) is 13.1. The lowest BCUT2D eigenvalue weighted by atomic mass is 9.77. The van der Waals surface area contributed by atoms with Gasteiger partial charge in [0.15, 0.2) is 6.29 Å². The summed E-state index contributed by atoms with van der Waals surface area (Å²) in [6, 6.07) is 6.98. The lowest BCUT2D eigenvalue weighted by Gasteiger charge is -2.31.